The fourth-order valence-corrected chi connectivity index (χ4v) is 1.11. The number of ether oxygens (including phenoxy) is 2. The van der Waals surface area contributed by atoms with Crippen molar-refractivity contribution in [2.45, 2.75) is 20.0 Å². The summed E-state index contributed by atoms with van der Waals surface area (Å²) >= 11 is 0. The fraction of sp³-hybridized carbons (Fsp3) is 0.600. The molecule has 0 N–H and O–H groups in total. The van der Waals surface area contributed by atoms with Crippen molar-refractivity contribution in [3.63, 3.8) is 0 Å². The van der Waals surface area contributed by atoms with Crippen LogP contribution < -0.4 is 0 Å². The highest BCUT2D eigenvalue weighted by molar-refractivity contribution is 5.02. The molecular formula is C10H16O3. The van der Waals surface area contributed by atoms with E-state index in [9.17, 15) is 0 Å². The minimum absolute atomic E-state index is 0.0695. The molecular weight excluding hydrogens is 168 g/mol. The van der Waals surface area contributed by atoms with Gasteiger partial charge in [-0.3, -0.25) is 0 Å². The van der Waals surface area contributed by atoms with Crippen LogP contribution in [0.3, 0.4) is 0 Å². The van der Waals surface area contributed by atoms with E-state index in [-0.39, 0.29) is 6.10 Å². The van der Waals surface area contributed by atoms with Crippen LogP contribution in [0.15, 0.2) is 22.8 Å². The second-order valence-corrected chi connectivity index (χ2v) is 2.62. The summed E-state index contributed by atoms with van der Waals surface area (Å²) in [4.78, 5) is 0. The molecule has 0 spiro atoms. The predicted octanol–water partition coefficient (Wildman–Crippen LogP) is 2.39. The number of hydrogen-bond donors (Lipinski definition) is 0. The minimum Gasteiger partial charge on any atom is -0.466 e. The highest BCUT2D eigenvalue weighted by atomic mass is 16.5. The summed E-state index contributed by atoms with van der Waals surface area (Å²) in [5, 5.41) is 0. The SMILES string of the molecule is CCOCC(OCC)c1ccco1. The number of rotatable bonds is 6. The van der Waals surface area contributed by atoms with E-state index in [2.05, 4.69) is 0 Å². The standard InChI is InChI=1S/C10H16O3/c1-3-11-8-10(12-4-2)9-6-5-7-13-9/h5-7,10H,3-4,8H2,1-2H3. The Labute approximate surface area is 78.6 Å². The maximum Gasteiger partial charge on any atom is 0.138 e. The quantitative estimate of drug-likeness (QED) is 0.680. The summed E-state index contributed by atoms with van der Waals surface area (Å²) in [7, 11) is 0. The molecule has 0 saturated carbocycles. The van der Waals surface area contributed by atoms with E-state index in [0.29, 0.717) is 19.8 Å². The lowest BCUT2D eigenvalue weighted by atomic mass is 10.3. The summed E-state index contributed by atoms with van der Waals surface area (Å²) in [6, 6.07) is 3.76. The lowest BCUT2D eigenvalue weighted by Crippen LogP contribution is -2.11. The Balaban J connectivity index is 2.47. The second kappa shape index (κ2) is 5.78. The molecule has 0 saturated heterocycles. The van der Waals surface area contributed by atoms with Gasteiger partial charge < -0.3 is 13.9 Å². The van der Waals surface area contributed by atoms with E-state index >= 15 is 0 Å². The van der Waals surface area contributed by atoms with Gasteiger partial charge in [-0.2, -0.15) is 0 Å². The molecule has 0 aliphatic rings. The zero-order chi connectivity index (χ0) is 9.52. The molecule has 1 unspecified atom stereocenters. The van der Waals surface area contributed by atoms with Crippen LogP contribution in [0.1, 0.15) is 25.7 Å². The first-order valence-electron chi connectivity index (χ1n) is 4.61. The van der Waals surface area contributed by atoms with Crippen LogP contribution in [0.2, 0.25) is 0 Å². The van der Waals surface area contributed by atoms with Crippen LogP contribution in [-0.4, -0.2) is 19.8 Å². The van der Waals surface area contributed by atoms with E-state index in [1.807, 2.05) is 26.0 Å². The van der Waals surface area contributed by atoms with E-state index < -0.39 is 0 Å². The summed E-state index contributed by atoms with van der Waals surface area (Å²) in [6.07, 6.45) is 1.58. The van der Waals surface area contributed by atoms with Crippen molar-refractivity contribution in [1.82, 2.24) is 0 Å². The van der Waals surface area contributed by atoms with Gasteiger partial charge in [0.25, 0.3) is 0 Å². The van der Waals surface area contributed by atoms with Gasteiger partial charge in [-0.25, -0.2) is 0 Å². The van der Waals surface area contributed by atoms with Crippen molar-refractivity contribution in [3.8, 4) is 0 Å². The van der Waals surface area contributed by atoms with Crippen molar-refractivity contribution in [2.75, 3.05) is 19.8 Å². The Morgan fingerprint density at radius 3 is 2.77 bits per heavy atom. The normalized spacial score (nSPS) is 13.1. The zero-order valence-corrected chi connectivity index (χ0v) is 8.16. The lowest BCUT2D eigenvalue weighted by molar-refractivity contribution is -0.0205. The monoisotopic (exact) mass is 184 g/mol. The molecule has 1 aromatic rings. The fourth-order valence-electron chi connectivity index (χ4n) is 1.11. The molecule has 1 aromatic heterocycles. The Morgan fingerprint density at radius 1 is 1.38 bits per heavy atom. The molecule has 1 atom stereocenters. The zero-order valence-electron chi connectivity index (χ0n) is 8.16. The molecule has 13 heavy (non-hydrogen) atoms. The Morgan fingerprint density at radius 2 is 2.23 bits per heavy atom. The van der Waals surface area contributed by atoms with Gasteiger partial charge in [0.2, 0.25) is 0 Å². The molecule has 0 aromatic carbocycles. The van der Waals surface area contributed by atoms with Crippen LogP contribution in [-0.2, 0) is 9.47 Å². The maximum absolute atomic E-state index is 5.47. The Hall–Kier alpha value is -0.800. The second-order valence-electron chi connectivity index (χ2n) is 2.62. The van der Waals surface area contributed by atoms with Crippen molar-refractivity contribution >= 4 is 0 Å². The van der Waals surface area contributed by atoms with Gasteiger partial charge in [-0.05, 0) is 26.0 Å². The van der Waals surface area contributed by atoms with Gasteiger partial charge >= 0.3 is 0 Å². The first-order valence-corrected chi connectivity index (χ1v) is 4.61. The molecule has 3 heteroatoms. The molecule has 1 rings (SSSR count). The maximum atomic E-state index is 5.47. The minimum atomic E-state index is -0.0695. The summed E-state index contributed by atoms with van der Waals surface area (Å²) in [5.74, 6) is 0.829. The van der Waals surface area contributed by atoms with Crippen molar-refractivity contribution < 1.29 is 13.9 Å². The third-order valence-electron chi connectivity index (χ3n) is 1.70. The molecule has 1 heterocycles. The highest BCUT2D eigenvalue weighted by Gasteiger charge is 2.13. The third-order valence-corrected chi connectivity index (χ3v) is 1.70. The molecule has 0 amide bonds. The van der Waals surface area contributed by atoms with E-state index in [0.717, 1.165) is 5.76 Å². The van der Waals surface area contributed by atoms with Gasteiger partial charge in [-0.15, -0.1) is 0 Å². The Kier molecular flexibility index (Phi) is 4.57. The molecule has 0 bridgehead atoms. The molecule has 0 fully saturated rings. The predicted molar refractivity (Wildman–Crippen MR) is 49.6 cm³/mol. The first-order chi connectivity index (χ1) is 6.38. The third kappa shape index (κ3) is 3.20. The van der Waals surface area contributed by atoms with Crippen molar-refractivity contribution in [1.29, 1.82) is 0 Å². The van der Waals surface area contributed by atoms with Crippen LogP contribution >= 0.6 is 0 Å². The number of hydrogen-bond acceptors (Lipinski definition) is 3. The van der Waals surface area contributed by atoms with Gasteiger partial charge in [0.1, 0.15) is 11.9 Å². The topological polar surface area (TPSA) is 31.6 Å². The van der Waals surface area contributed by atoms with E-state index in [1.54, 1.807) is 6.26 Å². The van der Waals surface area contributed by atoms with Gasteiger partial charge in [0.05, 0.1) is 12.9 Å². The van der Waals surface area contributed by atoms with E-state index in [4.69, 9.17) is 13.9 Å². The van der Waals surface area contributed by atoms with Crippen LogP contribution in [0.4, 0.5) is 0 Å². The van der Waals surface area contributed by atoms with Crippen LogP contribution in [0.25, 0.3) is 0 Å². The van der Waals surface area contributed by atoms with E-state index in [1.165, 1.54) is 0 Å². The van der Waals surface area contributed by atoms with Gasteiger partial charge in [0, 0.05) is 13.2 Å². The number of furan rings is 1. The summed E-state index contributed by atoms with van der Waals surface area (Å²) < 4.78 is 16.0. The average Bonchev–Trinajstić information content (AvgIpc) is 2.65. The smallest absolute Gasteiger partial charge is 0.138 e. The largest absolute Gasteiger partial charge is 0.466 e. The van der Waals surface area contributed by atoms with Gasteiger partial charge in [0.15, 0.2) is 0 Å². The average molecular weight is 184 g/mol. The summed E-state index contributed by atoms with van der Waals surface area (Å²) in [6.45, 7) is 5.84. The van der Waals surface area contributed by atoms with Crippen molar-refractivity contribution in [3.05, 3.63) is 24.2 Å². The van der Waals surface area contributed by atoms with Gasteiger partial charge in [-0.1, -0.05) is 0 Å². The molecule has 0 aliphatic heterocycles. The molecule has 3 nitrogen and oxygen atoms in total. The van der Waals surface area contributed by atoms with Crippen LogP contribution in [0.5, 0.6) is 0 Å². The first kappa shape index (κ1) is 10.3. The van der Waals surface area contributed by atoms with Crippen LogP contribution in [0, 0.1) is 0 Å². The Bertz CT molecular complexity index is 206. The highest BCUT2D eigenvalue weighted by Crippen LogP contribution is 2.17. The molecule has 0 aliphatic carbocycles. The lowest BCUT2D eigenvalue weighted by Gasteiger charge is -2.13. The molecule has 0 radical (unpaired) electrons. The molecule has 74 valence electrons. The summed E-state index contributed by atoms with van der Waals surface area (Å²) in [5.41, 5.74) is 0. The van der Waals surface area contributed by atoms with Crippen molar-refractivity contribution in [2.24, 2.45) is 0 Å².